The minimum absolute atomic E-state index is 0.0256. The van der Waals surface area contributed by atoms with E-state index in [4.69, 9.17) is 9.47 Å². The van der Waals surface area contributed by atoms with Gasteiger partial charge < -0.3 is 9.47 Å². The number of rotatable bonds is 2. The van der Waals surface area contributed by atoms with Crippen LogP contribution in [0.25, 0.3) is 0 Å². The minimum atomic E-state index is -0.555. The number of benzene rings is 1. The molecule has 2 heterocycles. The first kappa shape index (κ1) is 15.7. The van der Waals surface area contributed by atoms with Crippen molar-refractivity contribution in [3.63, 3.8) is 0 Å². The van der Waals surface area contributed by atoms with Gasteiger partial charge in [0.05, 0.1) is 23.6 Å². The van der Waals surface area contributed by atoms with Gasteiger partial charge >= 0.3 is 6.09 Å². The van der Waals surface area contributed by atoms with Crippen molar-refractivity contribution in [2.24, 2.45) is 0 Å². The Balaban J connectivity index is 1.80. The summed E-state index contributed by atoms with van der Waals surface area (Å²) in [4.78, 5) is 24.5. The van der Waals surface area contributed by atoms with E-state index in [0.29, 0.717) is 6.54 Å². The molecule has 23 heavy (non-hydrogen) atoms. The number of nitrogens with zero attached hydrogens (tertiary/aromatic N) is 2. The van der Waals surface area contributed by atoms with Gasteiger partial charge in [0, 0.05) is 12.1 Å². The summed E-state index contributed by atoms with van der Waals surface area (Å²) in [6.07, 6.45) is -0.0197. The van der Waals surface area contributed by atoms with Crippen LogP contribution in [0.2, 0.25) is 0 Å². The van der Waals surface area contributed by atoms with E-state index >= 15 is 0 Å². The lowest BCUT2D eigenvalue weighted by Crippen LogP contribution is -2.45. The van der Waals surface area contributed by atoms with Gasteiger partial charge in [-0.05, 0) is 32.8 Å². The zero-order valence-electron chi connectivity index (χ0n) is 13.4. The molecule has 2 fully saturated rings. The van der Waals surface area contributed by atoms with E-state index in [-0.39, 0.29) is 30.0 Å². The summed E-state index contributed by atoms with van der Waals surface area (Å²) in [5, 5.41) is 10.9. The molecule has 2 bridgehead atoms. The van der Waals surface area contributed by atoms with Crippen LogP contribution >= 0.6 is 0 Å². The molecule has 3 rings (SSSR count). The number of fused-ring (bicyclic) bond motifs is 2. The van der Waals surface area contributed by atoms with E-state index < -0.39 is 10.5 Å². The number of carbonyl (C=O) groups excluding carboxylic acids is 1. The van der Waals surface area contributed by atoms with Crippen LogP contribution in [-0.4, -0.2) is 40.2 Å². The molecule has 1 aromatic rings. The number of morpholine rings is 1. The average Bonchev–Trinajstić information content (AvgIpc) is 3.05. The summed E-state index contributed by atoms with van der Waals surface area (Å²) < 4.78 is 11.4. The molecule has 3 atom stereocenters. The van der Waals surface area contributed by atoms with Crippen molar-refractivity contribution in [3.05, 3.63) is 39.9 Å². The normalized spacial score (nSPS) is 26.4. The zero-order chi connectivity index (χ0) is 16.8. The lowest BCUT2D eigenvalue weighted by atomic mass is 10.0. The highest BCUT2D eigenvalue weighted by molar-refractivity contribution is 5.69. The minimum Gasteiger partial charge on any atom is -0.444 e. The van der Waals surface area contributed by atoms with Crippen LogP contribution in [-0.2, 0) is 9.47 Å². The summed E-state index contributed by atoms with van der Waals surface area (Å²) in [5.41, 5.74) is 0.193. The van der Waals surface area contributed by atoms with Crippen LogP contribution < -0.4 is 0 Å². The first-order valence-electron chi connectivity index (χ1n) is 7.64. The fraction of sp³-hybridized carbons (Fsp3) is 0.562. The highest BCUT2D eigenvalue weighted by Crippen LogP contribution is 2.43. The number of hydrogen-bond acceptors (Lipinski definition) is 5. The van der Waals surface area contributed by atoms with Crippen molar-refractivity contribution in [2.45, 2.75) is 51.0 Å². The molecule has 0 aromatic heterocycles. The van der Waals surface area contributed by atoms with E-state index in [1.54, 1.807) is 17.0 Å². The van der Waals surface area contributed by atoms with Gasteiger partial charge in [0.2, 0.25) is 0 Å². The molecule has 1 aromatic carbocycles. The van der Waals surface area contributed by atoms with E-state index in [2.05, 4.69) is 0 Å². The Kier molecular flexibility index (Phi) is 3.75. The van der Waals surface area contributed by atoms with Gasteiger partial charge in [0.1, 0.15) is 11.7 Å². The van der Waals surface area contributed by atoms with Crippen LogP contribution in [0.15, 0.2) is 24.3 Å². The molecule has 0 radical (unpaired) electrons. The van der Waals surface area contributed by atoms with E-state index in [9.17, 15) is 14.9 Å². The Morgan fingerprint density at radius 2 is 2.17 bits per heavy atom. The molecule has 124 valence electrons. The first-order chi connectivity index (χ1) is 10.7. The molecular formula is C16H20N2O5. The van der Waals surface area contributed by atoms with Crippen molar-refractivity contribution in [1.82, 2.24) is 4.90 Å². The second kappa shape index (κ2) is 5.49. The predicted octanol–water partition coefficient (Wildman–Crippen LogP) is 3.04. The Morgan fingerprint density at radius 1 is 1.43 bits per heavy atom. The van der Waals surface area contributed by atoms with Crippen molar-refractivity contribution < 1.29 is 19.2 Å². The highest BCUT2D eigenvalue weighted by Gasteiger charge is 2.49. The maximum absolute atomic E-state index is 12.3. The van der Waals surface area contributed by atoms with E-state index in [1.807, 2.05) is 20.8 Å². The van der Waals surface area contributed by atoms with Gasteiger partial charge in [-0.3, -0.25) is 15.0 Å². The van der Waals surface area contributed by atoms with Crippen LogP contribution in [0.4, 0.5) is 10.5 Å². The Labute approximate surface area is 134 Å². The summed E-state index contributed by atoms with van der Waals surface area (Å²) in [7, 11) is 0. The third-order valence-electron chi connectivity index (χ3n) is 4.03. The molecule has 2 aliphatic rings. The number of carbonyl (C=O) groups is 1. The lowest BCUT2D eigenvalue weighted by Gasteiger charge is -2.34. The molecule has 2 saturated heterocycles. The van der Waals surface area contributed by atoms with Crippen LogP contribution in [0.5, 0.6) is 0 Å². The van der Waals surface area contributed by atoms with Crippen molar-refractivity contribution in [1.29, 1.82) is 0 Å². The number of ether oxygens (including phenoxy) is 2. The molecule has 0 aliphatic carbocycles. The molecule has 0 spiro atoms. The summed E-state index contributed by atoms with van der Waals surface area (Å²) >= 11 is 0. The van der Waals surface area contributed by atoms with Gasteiger partial charge in [-0.1, -0.05) is 12.1 Å². The summed E-state index contributed by atoms with van der Waals surface area (Å²) in [5.74, 6) is 0. The summed E-state index contributed by atoms with van der Waals surface area (Å²) in [6, 6.07) is 6.25. The van der Waals surface area contributed by atoms with Crippen molar-refractivity contribution in [2.75, 3.05) is 6.54 Å². The van der Waals surface area contributed by atoms with Gasteiger partial charge in [0.25, 0.3) is 5.69 Å². The molecule has 3 unspecified atom stereocenters. The number of amides is 1. The Morgan fingerprint density at radius 3 is 2.78 bits per heavy atom. The van der Waals surface area contributed by atoms with E-state index in [1.165, 1.54) is 12.1 Å². The third-order valence-corrected chi connectivity index (χ3v) is 4.03. The predicted molar refractivity (Wildman–Crippen MR) is 82.1 cm³/mol. The number of nitro groups is 1. The van der Waals surface area contributed by atoms with Gasteiger partial charge in [0.15, 0.2) is 0 Å². The highest BCUT2D eigenvalue weighted by atomic mass is 16.6. The number of nitro benzene ring substituents is 1. The van der Waals surface area contributed by atoms with Crippen molar-refractivity contribution >= 4 is 11.8 Å². The van der Waals surface area contributed by atoms with Crippen LogP contribution in [0, 0.1) is 10.1 Å². The van der Waals surface area contributed by atoms with Crippen LogP contribution in [0.1, 0.15) is 38.9 Å². The maximum atomic E-state index is 12.3. The van der Waals surface area contributed by atoms with Gasteiger partial charge in [-0.2, -0.15) is 0 Å². The fourth-order valence-electron chi connectivity index (χ4n) is 3.16. The van der Waals surface area contributed by atoms with Gasteiger partial charge in [-0.25, -0.2) is 4.79 Å². The maximum Gasteiger partial charge on any atom is 0.410 e. The largest absolute Gasteiger partial charge is 0.444 e. The van der Waals surface area contributed by atoms with E-state index in [0.717, 1.165) is 12.0 Å². The quantitative estimate of drug-likeness (QED) is 0.618. The smallest absolute Gasteiger partial charge is 0.410 e. The first-order valence-corrected chi connectivity index (χ1v) is 7.64. The molecule has 2 aliphatic heterocycles. The monoisotopic (exact) mass is 320 g/mol. The molecule has 0 N–H and O–H groups in total. The topological polar surface area (TPSA) is 81.9 Å². The number of non-ortho nitro benzene ring substituents is 1. The average molecular weight is 320 g/mol. The number of hydrogen-bond donors (Lipinski definition) is 0. The second-order valence-electron chi connectivity index (χ2n) is 6.97. The fourth-order valence-corrected chi connectivity index (χ4v) is 3.16. The molecule has 7 heteroatoms. The Hall–Kier alpha value is -2.15. The second-order valence-corrected chi connectivity index (χ2v) is 6.97. The number of likely N-dealkylation sites (tertiary alicyclic amines) is 1. The molecular weight excluding hydrogens is 300 g/mol. The standard InChI is InChI=1S/C16H20N2O5/c1-16(2,3)23-15(19)17-9-12-8-13(17)14(22-12)10-5-4-6-11(7-10)18(20)21/h4-7,12-14H,8-9H2,1-3H3. The lowest BCUT2D eigenvalue weighted by molar-refractivity contribution is -0.385. The molecule has 0 saturated carbocycles. The zero-order valence-corrected chi connectivity index (χ0v) is 13.4. The SMILES string of the molecule is CC(C)(C)OC(=O)N1CC2CC1C(c1cccc([N+](=O)[O-])c1)O2. The van der Waals surface area contributed by atoms with Crippen LogP contribution in [0.3, 0.4) is 0 Å². The molecule has 1 amide bonds. The Bertz CT molecular complexity index is 640. The molecule has 7 nitrogen and oxygen atoms in total. The summed E-state index contributed by atoms with van der Waals surface area (Å²) in [6.45, 7) is 5.99. The van der Waals surface area contributed by atoms with Gasteiger partial charge in [-0.15, -0.1) is 0 Å². The van der Waals surface area contributed by atoms with Crippen molar-refractivity contribution in [3.8, 4) is 0 Å². The third kappa shape index (κ3) is 3.14.